The molecule has 0 aliphatic heterocycles. The summed E-state index contributed by atoms with van der Waals surface area (Å²) in [6.45, 7) is 6.26. The number of ether oxygens (including phenoxy) is 1. The summed E-state index contributed by atoms with van der Waals surface area (Å²) in [5.41, 5.74) is 0.744. The van der Waals surface area contributed by atoms with Crippen LogP contribution in [0.2, 0.25) is 0 Å². The highest BCUT2D eigenvalue weighted by Gasteiger charge is 2.21. The van der Waals surface area contributed by atoms with Gasteiger partial charge in [-0.25, -0.2) is 4.98 Å². The van der Waals surface area contributed by atoms with Crippen molar-refractivity contribution in [2.75, 3.05) is 18.2 Å². The van der Waals surface area contributed by atoms with Gasteiger partial charge in [0.1, 0.15) is 11.6 Å². The molecule has 0 radical (unpaired) electrons. The van der Waals surface area contributed by atoms with Crippen molar-refractivity contribution >= 4 is 23.5 Å². The Morgan fingerprint density at radius 3 is 2.54 bits per heavy atom. The Labute approximate surface area is 169 Å². The summed E-state index contributed by atoms with van der Waals surface area (Å²) in [5, 5.41) is 7.63. The number of nitrogens with zero attached hydrogens (tertiary/aromatic N) is 3. The van der Waals surface area contributed by atoms with Gasteiger partial charge >= 0.3 is 0 Å². The second-order valence-electron chi connectivity index (χ2n) is 7.28. The molecule has 6 nitrogen and oxygen atoms in total. The van der Waals surface area contributed by atoms with E-state index in [2.05, 4.69) is 36.2 Å². The average molecular weight is 397 g/mol. The minimum Gasteiger partial charge on any atom is -0.497 e. The van der Waals surface area contributed by atoms with Crippen LogP contribution in [0.1, 0.15) is 26.5 Å². The van der Waals surface area contributed by atoms with E-state index in [1.807, 2.05) is 48.5 Å². The Morgan fingerprint density at radius 2 is 1.93 bits per heavy atom. The first-order valence-electron chi connectivity index (χ1n) is 8.95. The number of hydrogen-bond acceptors (Lipinski definition) is 5. The number of amides is 1. The molecule has 0 saturated carbocycles. The van der Waals surface area contributed by atoms with Gasteiger partial charge in [-0.1, -0.05) is 26.8 Å². The summed E-state index contributed by atoms with van der Waals surface area (Å²) in [5.74, 6) is 2.27. The van der Waals surface area contributed by atoms with Crippen LogP contribution in [-0.2, 0) is 10.2 Å². The molecule has 3 rings (SSSR count). The third-order valence-corrected chi connectivity index (χ3v) is 5.05. The highest BCUT2D eigenvalue weighted by atomic mass is 32.2. The summed E-state index contributed by atoms with van der Waals surface area (Å²) < 4.78 is 6.83. The van der Waals surface area contributed by atoms with Crippen LogP contribution >= 0.6 is 11.8 Å². The van der Waals surface area contributed by atoms with Crippen LogP contribution in [0.15, 0.2) is 59.6 Å². The fraction of sp³-hybridized carbons (Fsp3) is 0.286. The van der Waals surface area contributed by atoms with Gasteiger partial charge in [0.25, 0.3) is 0 Å². The second-order valence-corrected chi connectivity index (χ2v) is 8.33. The number of thioether (sulfide) groups is 1. The summed E-state index contributed by atoms with van der Waals surface area (Å²) in [6.07, 6.45) is 1.71. The molecule has 0 spiro atoms. The number of anilines is 1. The molecule has 0 bridgehead atoms. The number of carbonyl (C=O) groups is 1. The third-order valence-electron chi connectivity index (χ3n) is 4.04. The molecule has 3 aromatic rings. The van der Waals surface area contributed by atoms with Gasteiger partial charge in [-0.05, 0) is 36.4 Å². The van der Waals surface area contributed by atoms with E-state index in [0.717, 1.165) is 16.3 Å². The first-order chi connectivity index (χ1) is 13.4. The zero-order valence-electron chi connectivity index (χ0n) is 16.5. The van der Waals surface area contributed by atoms with Crippen LogP contribution in [0.5, 0.6) is 5.75 Å². The Hall–Kier alpha value is -2.80. The number of pyridine rings is 1. The van der Waals surface area contributed by atoms with Gasteiger partial charge in [-0.2, -0.15) is 9.78 Å². The summed E-state index contributed by atoms with van der Waals surface area (Å²) in [4.78, 5) is 17.9. The number of rotatable bonds is 6. The second kappa shape index (κ2) is 8.48. The SMILES string of the molecule is COc1ccc(SCC(=O)Nc2cc(C(C)(C)C)nn2-c2ccccn2)cc1. The Balaban J connectivity index is 1.74. The number of hydrogen-bond donors (Lipinski definition) is 1. The standard InChI is InChI=1S/C21H24N4O2S/c1-21(2,3)17-13-19(25(24-17)18-7-5-6-12-22-18)23-20(26)14-28-16-10-8-15(27-4)9-11-16/h5-13H,14H2,1-4H3,(H,23,26). The molecule has 0 aliphatic carbocycles. The lowest BCUT2D eigenvalue weighted by Crippen LogP contribution is -2.17. The van der Waals surface area contributed by atoms with Gasteiger partial charge in [-0.15, -0.1) is 11.8 Å². The van der Waals surface area contributed by atoms with Crippen LogP contribution in [0.4, 0.5) is 5.82 Å². The van der Waals surface area contributed by atoms with Gasteiger partial charge < -0.3 is 10.1 Å². The van der Waals surface area contributed by atoms with Gasteiger partial charge in [0.15, 0.2) is 5.82 Å². The molecule has 2 aromatic heterocycles. The summed E-state index contributed by atoms with van der Waals surface area (Å²) in [6, 6.07) is 15.1. The van der Waals surface area contributed by atoms with Crippen LogP contribution in [0.3, 0.4) is 0 Å². The molecule has 0 unspecified atom stereocenters. The average Bonchev–Trinajstić information content (AvgIpc) is 3.11. The smallest absolute Gasteiger partial charge is 0.235 e. The topological polar surface area (TPSA) is 69.0 Å². The van der Waals surface area contributed by atoms with Crippen molar-refractivity contribution in [3.8, 4) is 11.6 Å². The van der Waals surface area contributed by atoms with Crippen molar-refractivity contribution in [2.24, 2.45) is 0 Å². The molecule has 7 heteroatoms. The molecular formula is C21H24N4O2S. The molecule has 1 amide bonds. The van der Waals surface area contributed by atoms with E-state index in [4.69, 9.17) is 4.74 Å². The summed E-state index contributed by atoms with van der Waals surface area (Å²) in [7, 11) is 1.63. The number of methoxy groups -OCH3 is 1. The van der Waals surface area contributed by atoms with E-state index in [-0.39, 0.29) is 11.3 Å². The van der Waals surface area contributed by atoms with Crippen LogP contribution in [0, 0.1) is 0 Å². The Kier molecular flexibility index (Phi) is 6.04. The minimum absolute atomic E-state index is 0.0987. The molecule has 0 fully saturated rings. The fourth-order valence-electron chi connectivity index (χ4n) is 2.49. The van der Waals surface area contributed by atoms with Gasteiger partial charge in [0.2, 0.25) is 5.91 Å². The van der Waals surface area contributed by atoms with E-state index in [1.54, 1.807) is 18.0 Å². The molecule has 0 aliphatic rings. The van der Waals surface area contributed by atoms with Crippen molar-refractivity contribution in [3.63, 3.8) is 0 Å². The molecule has 2 heterocycles. The molecule has 28 heavy (non-hydrogen) atoms. The van der Waals surface area contributed by atoms with Gasteiger partial charge in [0, 0.05) is 22.6 Å². The maximum Gasteiger partial charge on any atom is 0.235 e. The highest BCUT2D eigenvalue weighted by molar-refractivity contribution is 8.00. The Bertz CT molecular complexity index is 931. The van der Waals surface area contributed by atoms with Crippen molar-refractivity contribution in [3.05, 3.63) is 60.4 Å². The quantitative estimate of drug-likeness (QED) is 0.629. The molecule has 1 aromatic carbocycles. The molecule has 146 valence electrons. The lowest BCUT2D eigenvalue weighted by Gasteiger charge is -2.13. The summed E-state index contributed by atoms with van der Waals surface area (Å²) >= 11 is 1.47. The zero-order chi connectivity index (χ0) is 20.1. The number of benzene rings is 1. The van der Waals surface area contributed by atoms with E-state index >= 15 is 0 Å². The van der Waals surface area contributed by atoms with Crippen molar-refractivity contribution in [1.29, 1.82) is 0 Å². The molecule has 0 saturated heterocycles. The van der Waals surface area contributed by atoms with Crippen LogP contribution < -0.4 is 10.1 Å². The first kappa shape index (κ1) is 19.9. The van der Waals surface area contributed by atoms with Gasteiger partial charge in [-0.3, -0.25) is 4.79 Å². The lowest BCUT2D eigenvalue weighted by molar-refractivity contribution is -0.113. The predicted molar refractivity (Wildman–Crippen MR) is 112 cm³/mol. The van der Waals surface area contributed by atoms with Crippen molar-refractivity contribution in [1.82, 2.24) is 14.8 Å². The maximum absolute atomic E-state index is 12.5. The van der Waals surface area contributed by atoms with E-state index in [0.29, 0.717) is 17.4 Å². The largest absolute Gasteiger partial charge is 0.497 e. The van der Waals surface area contributed by atoms with E-state index < -0.39 is 0 Å². The number of carbonyl (C=O) groups excluding carboxylic acids is 1. The van der Waals surface area contributed by atoms with E-state index in [1.165, 1.54) is 11.8 Å². The fourth-order valence-corrected chi connectivity index (χ4v) is 3.19. The van der Waals surface area contributed by atoms with Crippen molar-refractivity contribution in [2.45, 2.75) is 31.1 Å². The Morgan fingerprint density at radius 1 is 1.18 bits per heavy atom. The molecular weight excluding hydrogens is 372 g/mol. The van der Waals surface area contributed by atoms with Crippen LogP contribution in [0.25, 0.3) is 5.82 Å². The third kappa shape index (κ3) is 4.92. The van der Waals surface area contributed by atoms with Crippen molar-refractivity contribution < 1.29 is 9.53 Å². The van der Waals surface area contributed by atoms with Crippen LogP contribution in [-0.4, -0.2) is 33.5 Å². The monoisotopic (exact) mass is 396 g/mol. The zero-order valence-corrected chi connectivity index (χ0v) is 17.3. The molecule has 0 atom stereocenters. The number of aromatic nitrogens is 3. The highest BCUT2D eigenvalue weighted by Crippen LogP contribution is 2.26. The first-order valence-corrected chi connectivity index (χ1v) is 9.94. The lowest BCUT2D eigenvalue weighted by atomic mass is 9.92. The van der Waals surface area contributed by atoms with E-state index in [9.17, 15) is 4.79 Å². The van der Waals surface area contributed by atoms with Gasteiger partial charge in [0.05, 0.1) is 18.6 Å². The normalized spacial score (nSPS) is 11.3. The molecule has 1 N–H and O–H groups in total. The predicted octanol–water partition coefficient (Wildman–Crippen LogP) is 4.30. The maximum atomic E-state index is 12.5. The minimum atomic E-state index is -0.142. The number of nitrogens with one attached hydrogen (secondary N) is 1.